The van der Waals surface area contributed by atoms with E-state index >= 15 is 0 Å². The van der Waals surface area contributed by atoms with E-state index in [1.54, 1.807) is 0 Å². The second-order valence-electron chi connectivity index (χ2n) is 3.52. The summed E-state index contributed by atoms with van der Waals surface area (Å²) in [5.41, 5.74) is 0.926. The minimum Gasteiger partial charge on any atom is -0.494 e. The minimum atomic E-state index is 0.274. The SMILES string of the molecule is CCOc1ccc2ccccc2c1C[C]=O. The summed E-state index contributed by atoms with van der Waals surface area (Å²) < 4.78 is 5.52. The standard InChI is InChI=1S/C14H13O2/c1-2-16-14-8-7-11-5-3-4-6-12(11)13(14)9-10-15/h3-8H,2,9H2,1H3. The van der Waals surface area contributed by atoms with Gasteiger partial charge in [-0.2, -0.15) is 0 Å². The molecule has 1 radical (unpaired) electrons. The van der Waals surface area contributed by atoms with Gasteiger partial charge in [-0.25, -0.2) is 0 Å². The van der Waals surface area contributed by atoms with Crippen molar-refractivity contribution in [2.45, 2.75) is 13.3 Å². The summed E-state index contributed by atoms with van der Waals surface area (Å²) in [5, 5.41) is 2.19. The summed E-state index contributed by atoms with van der Waals surface area (Å²) in [4.78, 5) is 10.6. The highest BCUT2D eigenvalue weighted by atomic mass is 16.5. The van der Waals surface area contributed by atoms with E-state index in [1.807, 2.05) is 49.6 Å². The Kier molecular flexibility index (Phi) is 3.20. The normalized spacial score (nSPS) is 10.3. The zero-order chi connectivity index (χ0) is 11.4. The van der Waals surface area contributed by atoms with Crippen LogP contribution in [0.4, 0.5) is 0 Å². The smallest absolute Gasteiger partial charge is 0.203 e. The predicted octanol–water partition coefficient (Wildman–Crippen LogP) is 2.89. The van der Waals surface area contributed by atoms with Crippen molar-refractivity contribution < 1.29 is 9.53 Å². The molecule has 0 N–H and O–H groups in total. The minimum absolute atomic E-state index is 0.274. The Bertz CT molecular complexity index is 503. The van der Waals surface area contributed by atoms with Gasteiger partial charge in [-0.3, -0.25) is 4.79 Å². The lowest BCUT2D eigenvalue weighted by Gasteiger charge is -2.11. The van der Waals surface area contributed by atoms with E-state index in [4.69, 9.17) is 4.74 Å². The molecule has 0 heterocycles. The zero-order valence-corrected chi connectivity index (χ0v) is 9.19. The van der Waals surface area contributed by atoms with Crippen molar-refractivity contribution in [3.8, 4) is 5.75 Å². The van der Waals surface area contributed by atoms with Gasteiger partial charge in [-0.05, 0) is 23.8 Å². The highest BCUT2D eigenvalue weighted by molar-refractivity contribution is 5.89. The molecule has 0 saturated carbocycles. The molecule has 0 aliphatic rings. The fourth-order valence-electron chi connectivity index (χ4n) is 1.86. The van der Waals surface area contributed by atoms with E-state index in [0.29, 0.717) is 6.61 Å². The van der Waals surface area contributed by atoms with Crippen molar-refractivity contribution in [1.82, 2.24) is 0 Å². The molecule has 81 valence electrons. The van der Waals surface area contributed by atoms with Crippen LogP contribution in [0, 0.1) is 0 Å². The molecule has 0 aliphatic heterocycles. The van der Waals surface area contributed by atoms with E-state index in [-0.39, 0.29) is 6.42 Å². The summed E-state index contributed by atoms with van der Waals surface area (Å²) in [6.45, 7) is 2.54. The van der Waals surface area contributed by atoms with E-state index < -0.39 is 0 Å². The lowest BCUT2D eigenvalue weighted by molar-refractivity contribution is 0.338. The highest BCUT2D eigenvalue weighted by Gasteiger charge is 2.07. The van der Waals surface area contributed by atoms with Gasteiger partial charge < -0.3 is 4.74 Å². The van der Waals surface area contributed by atoms with Crippen molar-refractivity contribution in [3.63, 3.8) is 0 Å². The number of benzene rings is 2. The first-order chi connectivity index (χ1) is 7.86. The van der Waals surface area contributed by atoms with Gasteiger partial charge >= 0.3 is 0 Å². The van der Waals surface area contributed by atoms with Gasteiger partial charge in [0, 0.05) is 12.0 Å². The van der Waals surface area contributed by atoms with Crippen molar-refractivity contribution in [2.24, 2.45) is 0 Å². The first kappa shape index (κ1) is 10.7. The molecule has 0 amide bonds. The molecular formula is C14H13O2. The van der Waals surface area contributed by atoms with Gasteiger partial charge in [0.25, 0.3) is 0 Å². The van der Waals surface area contributed by atoms with Crippen molar-refractivity contribution >= 4 is 17.1 Å². The van der Waals surface area contributed by atoms with E-state index in [1.165, 1.54) is 0 Å². The second kappa shape index (κ2) is 4.79. The zero-order valence-electron chi connectivity index (χ0n) is 9.19. The van der Waals surface area contributed by atoms with Crippen LogP contribution in [-0.4, -0.2) is 12.9 Å². The molecule has 0 unspecified atom stereocenters. The monoisotopic (exact) mass is 213 g/mol. The maximum absolute atomic E-state index is 10.6. The Morgan fingerprint density at radius 1 is 1.19 bits per heavy atom. The second-order valence-corrected chi connectivity index (χ2v) is 3.52. The number of rotatable bonds is 4. The fraction of sp³-hybridized carbons (Fsp3) is 0.214. The van der Waals surface area contributed by atoms with Crippen LogP contribution < -0.4 is 4.74 Å². The topological polar surface area (TPSA) is 26.3 Å². The molecule has 0 bridgehead atoms. The van der Waals surface area contributed by atoms with Crippen LogP contribution in [0.25, 0.3) is 10.8 Å². The number of fused-ring (bicyclic) bond motifs is 1. The third kappa shape index (κ3) is 1.91. The van der Waals surface area contributed by atoms with Crippen LogP contribution in [0.15, 0.2) is 36.4 Å². The Morgan fingerprint density at radius 2 is 2.00 bits per heavy atom. The molecule has 2 heteroatoms. The largest absolute Gasteiger partial charge is 0.494 e. The molecule has 16 heavy (non-hydrogen) atoms. The highest BCUT2D eigenvalue weighted by Crippen LogP contribution is 2.28. The fourth-order valence-corrected chi connectivity index (χ4v) is 1.86. The Morgan fingerprint density at radius 3 is 2.75 bits per heavy atom. The van der Waals surface area contributed by atoms with E-state index in [9.17, 15) is 4.79 Å². The molecule has 2 nitrogen and oxygen atoms in total. The van der Waals surface area contributed by atoms with Crippen LogP contribution in [0.3, 0.4) is 0 Å². The quantitative estimate of drug-likeness (QED) is 0.780. The average molecular weight is 213 g/mol. The molecular weight excluding hydrogens is 200 g/mol. The molecule has 0 aromatic heterocycles. The lowest BCUT2D eigenvalue weighted by atomic mass is 10.0. The summed E-state index contributed by atoms with van der Waals surface area (Å²) in [7, 11) is 0. The Balaban J connectivity index is 2.63. The van der Waals surface area contributed by atoms with Gasteiger partial charge in [0.1, 0.15) is 5.75 Å². The maximum atomic E-state index is 10.6. The number of ether oxygens (including phenoxy) is 1. The van der Waals surface area contributed by atoms with Gasteiger partial charge in [0.05, 0.1) is 6.61 Å². The third-order valence-electron chi connectivity index (χ3n) is 2.55. The summed E-state index contributed by atoms with van der Waals surface area (Å²) >= 11 is 0. The Hall–Kier alpha value is -1.83. The summed E-state index contributed by atoms with van der Waals surface area (Å²) in [6.07, 6.45) is 2.22. The van der Waals surface area contributed by atoms with Crippen LogP contribution >= 0.6 is 0 Å². The molecule has 0 spiro atoms. The first-order valence-corrected chi connectivity index (χ1v) is 5.35. The van der Waals surface area contributed by atoms with Gasteiger partial charge in [0.2, 0.25) is 6.29 Å². The van der Waals surface area contributed by atoms with Crippen molar-refractivity contribution in [2.75, 3.05) is 6.61 Å². The van der Waals surface area contributed by atoms with E-state index in [0.717, 1.165) is 22.1 Å². The van der Waals surface area contributed by atoms with Crippen LogP contribution in [-0.2, 0) is 11.2 Å². The van der Waals surface area contributed by atoms with Gasteiger partial charge in [0.15, 0.2) is 0 Å². The van der Waals surface area contributed by atoms with Crippen LogP contribution in [0.1, 0.15) is 12.5 Å². The predicted molar refractivity (Wildman–Crippen MR) is 64.5 cm³/mol. The molecule has 0 saturated heterocycles. The first-order valence-electron chi connectivity index (χ1n) is 5.35. The number of carbonyl (C=O) groups excluding carboxylic acids is 1. The molecule has 2 rings (SSSR count). The molecule has 0 atom stereocenters. The Labute approximate surface area is 94.8 Å². The van der Waals surface area contributed by atoms with Crippen molar-refractivity contribution in [3.05, 3.63) is 42.0 Å². The van der Waals surface area contributed by atoms with Crippen LogP contribution in [0.2, 0.25) is 0 Å². The van der Waals surface area contributed by atoms with Crippen LogP contribution in [0.5, 0.6) is 5.75 Å². The summed E-state index contributed by atoms with van der Waals surface area (Å²) in [6, 6.07) is 11.9. The third-order valence-corrected chi connectivity index (χ3v) is 2.55. The van der Waals surface area contributed by atoms with E-state index in [2.05, 4.69) is 0 Å². The number of hydrogen-bond donors (Lipinski definition) is 0. The summed E-state index contributed by atoms with van der Waals surface area (Å²) in [5.74, 6) is 0.782. The lowest BCUT2D eigenvalue weighted by Crippen LogP contribution is -1.98. The van der Waals surface area contributed by atoms with Gasteiger partial charge in [-0.15, -0.1) is 0 Å². The van der Waals surface area contributed by atoms with Crippen molar-refractivity contribution in [1.29, 1.82) is 0 Å². The molecule has 0 aliphatic carbocycles. The average Bonchev–Trinajstić information content (AvgIpc) is 2.32. The molecule has 0 fully saturated rings. The van der Waals surface area contributed by atoms with Gasteiger partial charge in [-0.1, -0.05) is 30.3 Å². The molecule has 2 aromatic rings. The maximum Gasteiger partial charge on any atom is 0.203 e. The number of hydrogen-bond acceptors (Lipinski definition) is 2. The molecule has 2 aromatic carbocycles.